The normalized spacial score (nSPS) is 20.6. The summed E-state index contributed by atoms with van der Waals surface area (Å²) in [4.78, 5) is 6.69. The van der Waals surface area contributed by atoms with Gasteiger partial charge in [-0.05, 0) is 25.1 Å². The Morgan fingerprint density at radius 1 is 1.59 bits per heavy atom. The maximum absolute atomic E-state index is 5.55. The lowest BCUT2D eigenvalue weighted by Crippen LogP contribution is -2.45. The number of hydrogen-bond donors (Lipinski definition) is 1. The lowest BCUT2D eigenvalue weighted by atomic mass is 10.1. The molecule has 0 amide bonds. The fraction of sp³-hybridized carbons (Fsp3) is 0.615. The highest BCUT2D eigenvalue weighted by Gasteiger charge is 2.23. The van der Waals surface area contributed by atoms with Crippen LogP contribution in [0.15, 0.2) is 18.5 Å². The Kier molecular flexibility index (Phi) is 4.34. The third-order valence-corrected chi connectivity index (χ3v) is 3.26. The summed E-state index contributed by atoms with van der Waals surface area (Å²) in [6.45, 7) is 5.68. The molecule has 1 N–H and O–H groups in total. The minimum Gasteiger partial charge on any atom is -0.377 e. The molecule has 1 saturated heterocycles. The summed E-state index contributed by atoms with van der Waals surface area (Å²) in [7, 11) is 1.97. The second-order valence-electron chi connectivity index (χ2n) is 4.37. The predicted octanol–water partition coefficient (Wildman–Crippen LogP) is 1.42. The van der Waals surface area contributed by atoms with Gasteiger partial charge in [-0.1, -0.05) is 6.92 Å². The highest BCUT2D eigenvalue weighted by molar-refractivity contribution is 5.52. The van der Waals surface area contributed by atoms with Crippen LogP contribution in [0.5, 0.6) is 0 Å². The van der Waals surface area contributed by atoms with E-state index in [-0.39, 0.29) is 0 Å². The van der Waals surface area contributed by atoms with Crippen LogP contribution in [0.25, 0.3) is 0 Å². The van der Waals surface area contributed by atoms with Crippen molar-refractivity contribution in [3.8, 4) is 0 Å². The Morgan fingerprint density at radius 3 is 3.24 bits per heavy atom. The summed E-state index contributed by atoms with van der Waals surface area (Å²) in [6.07, 6.45) is 4.94. The van der Waals surface area contributed by atoms with E-state index < -0.39 is 0 Å². The van der Waals surface area contributed by atoms with Crippen LogP contribution in [0.3, 0.4) is 0 Å². The van der Waals surface area contributed by atoms with Crippen LogP contribution < -0.4 is 10.2 Å². The summed E-state index contributed by atoms with van der Waals surface area (Å²) >= 11 is 0. The maximum atomic E-state index is 5.55. The molecule has 1 atom stereocenters. The average Bonchev–Trinajstić information content (AvgIpc) is 2.40. The van der Waals surface area contributed by atoms with Crippen molar-refractivity contribution in [3.63, 3.8) is 0 Å². The van der Waals surface area contributed by atoms with Gasteiger partial charge >= 0.3 is 0 Å². The van der Waals surface area contributed by atoms with Gasteiger partial charge in [0.25, 0.3) is 0 Å². The highest BCUT2D eigenvalue weighted by atomic mass is 16.5. The minimum absolute atomic E-state index is 0.476. The maximum Gasteiger partial charge on any atom is 0.0670 e. The molecule has 0 radical (unpaired) electrons. The Hall–Kier alpha value is -1.13. The van der Waals surface area contributed by atoms with Crippen molar-refractivity contribution in [1.29, 1.82) is 0 Å². The second kappa shape index (κ2) is 5.98. The number of ether oxygens (including phenoxy) is 1. The first kappa shape index (κ1) is 12.3. The van der Waals surface area contributed by atoms with E-state index in [0.717, 1.165) is 32.7 Å². The monoisotopic (exact) mass is 235 g/mol. The highest BCUT2D eigenvalue weighted by Crippen LogP contribution is 2.24. The van der Waals surface area contributed by atoms with Crippen molar-refractivity contribution in [2.45, 2.75) is 25.9 Å². The van der Waals surface area contributed by atoms with Gasteiger partial charge in [-0.3, -0.25) is 4.98 Å². The zero-order valence-electron chi connectivity index (χ0n) is 10.6. The van der Waals surface area contributed by atoms with Crippen molar-refractivity contribution < 1.29 is 4.74 Å². The van der Waals surface area contributed by atoms with Crippen LogP contribution in [0.4, 0.5) is 5.69 Å². The minimum atomic E-state index is 0.476. The molecule has 0 saturated carbocycles. The summed E-state index contributed by atoms with van der Waals surface area (Å²) in [5, 5.41) is 3.21. The second-order valence-corrected chi connectivity index (χ2v) is 4.37. The third-order valence-electron chi connectivity index (χ3n) is 3.26. The van der Waals surface area contributed by atoms with E-state index in [0.29, 0.717) is 6.04 Å². The standard InChI is InChI=1S/C13H21N3O/c1-3-12-10-17-7-6-16(12)13-9-15-5-4-11(13)8-14-2/h4-5,9,12,14H,3,6-8,10H2,1-2H3. The first-order valence-electron chi connectivity index (χ1n) is 6.28. The van der Waals surface area contributed by atoms with Gasteiger partial charge in [0.05, 0.1) is 31.1 Å². The molecule has 1 aromatic heterocycles. The number of aromatic nitrogens is 1. The Labute approximate surface area is 103 Å². The molecular formula is C13H21N3O. The van der Waals surface area contributed by atoms with Gasteiger partial charge < -0.3 is 15.0 Å². The number of nitrogens with one attached hydrogen (secondary N) is 1. The fourth-order valence-electron chi connectivity index (χ4n) is 2.32. The van der Waals surface area contributed by atoms with E-state index in [1.807, 2.05) is 19.4 Å². The van der Waals surface area contributed by atoms with Gasteiger partial charge in [-0.15, -0.1) is 0 Å². The van der Waals surface area contributed by atoms with Crippen molar-refractivity contribution in [1.82, 2.24) is 10.3 Å². The van der Waals surface area contributed by atoms with Crippen LogP contribution in [0.1, 0.15) is 18.9 Å². The van der Waals surface area contributed by atoms with E-state index in [9.17, 15) is 0 Å². The van der Waals surface area contributed by atoms with Crippen molar-refractivity contribution >= 4 is 5.69 Å². The van der Waals surface area contributed by atoms with Gasteiger partial charge in [0.1, 0.15) is 0 Å². The van der Waals surface area contributed by atoms with Crippen LogP contribution in [0.2, 0.25) is 0 Å². The van der Waals surface area contributed by atoms with Crippen molar-refractivity contribution in [2.75, 3.05) is 31.7 Å². The topological polar surface area (TPSA) is 37.4 Å². The largest absolute Gasteiger partial charge is 0.377 e. The van der Waals surface area contributed by atoms with Gasteiger partial charge in [-0.2, -0.15) is 0 Å². The number of anilines is 1. The van der Waals surface area contributed by atoms with E-state index in [4.69, 9.17) is 4.74 Å². The molecule has 94 valence electrons. The van der Waals surface area contributed by atoms with Crippen LogP contribution >= 0.6 is 0 Å². The smallest absolute Gasteiger partial charge is 0.0670 e. The lowest BCUT2D eigenvalue weighted by Gasteiger charge is -2.37. The number of nitrogens with zero attached hydrogens (tertiary/aromatic N) is 2. The first-order chi connectivity index (χ1) is 8.36. The Morgan fingerprint density at radius 2 is 2.47 bits per heavy atom. The molecule has 4 nitrogen and oxygen atoms in total. The van der Waals surface area contributed by atoms with Crippen molar-refractivity contribution in [3.05, 3.63) is 24.0 Å². The molecule has 1 aromatic rings. The molecule has 1 unspecified atom stereocenters. The molecule has 1 fully saturated rings. The lowest BCUT2D eigenvalue weighted by molar-refractivity contribution is 0.0928. The number of hydrogen-bond acceptors (Lipinski definition) is 4. The molecule has 0 bridgehead atoms. The number of morpholine rings is 1. The molecule has 2 heterocycles. The summed E-state index contributed by atoms with van der Waals surface area (Å²) in [5.74, 6) is 0. The van der Waals surface area contributed by atoms with Crippen LogP contribution in [0, 0.1) is 0 Å². The summed E-state index contributed by atoms with van der Waals surface area (Å²) in [5.41, 5.74) is 2.56. The molecule has 2 rings (SSSR count). The quantitative estimate of drug-likeness (QED) is 0.856. The zero-order chi connectivity index (χ0) is 12.1. The van der Waals surface area contributed by atoms with Gasteiger partial charge in [-0.25, -0.2) is 0 Å². The molecule has 17 heavy (non-hydrogen) atoms. The number of rotatable bonds is 4. The Balaban J connectivity index is 2.24. The van der Waals surface area contributed by atoms with E-state index >= 15 is 0 Å². The zero-order valence-corrected chi connectivity index (χ0v) is 10.6. The SMILES string of the molecule is CCC1COCCN1c1cnccc1CNC. The molecule has 4 heteroatoms. The fourth-order valence-corrected chi connectivity index (χ4v) is 2.32. The molecule has 0 aliphatic carbocycles. The molecule has 1 aliphatic rings. The first-order valence-corrected chi connectivity index (χ1v) is 6.28. The van der Waals surface area contributed by atoms with Gasteiger partial charge in [0.2, 0.25) is 0 Å². The predicted molar refractivity (Wildman–Crippen MR) is 69.2 cm³/mol. The van der Waals surface area contributed by atoms with Crippen LogP contribution in [-0.4, -0.2) is 37.8 Å². The van der Waals surface area contributed by atoms with Crippen molar-refractivity contribution in [2.24, 2.45) is 0 Å². The van der Waals surface area contributed by atoms with E-state index in [1.54, 1.807) is 0 Å². The Bertz CT molecular complexity index is 356. The average molecular weight is 235 g/mol. The summed E-state index contributed by atoms with van der Waals surface area (Å²) in [6, 6.07) is 2.57. The van der Waals surface area contributed by atoms with Gasteiger partial charge in [0.15, 0.2) is 0 Å². The van der Waals surface area contributed by atoms with E-state index in [2.05, 4.69) is 28.2 Å². The molecule has 0 spiro atoms. The number of pyridine rings is 1. The molecule has 0 aromatic carbocycles. The van der Waals surface area contributed by atoms with E-state index in [1.165, 1.54) is 11.3 Å². The molecule has 1 aliphatic heterocycles. The summed E-state index contributed by atoms with van der Waals surface area (Å²) < 4.78 is 5.55. The van der Waals surface area contributed by atoms with Gasteiger partial charge in [0, 0.05) is 19.3 Å². The third kappa shape index (κ3) is 2.76. The molecular weight excluding hydrogens is 214 g/mol. The van der Waals surface area contributed by atoms with Crippen LogP contribution in [-0.2, 0) is 11.3 Å².